The van der Waals surface area contributed by atoms with Crippen molar-refractivity contribution in [1.82, 2.24) is 24.9 Å². The lowest BCUT2D eigenvalue weighted by atomic mass is 10.1. The molecular formula is C17H20N6O2. The zero-order valence-electron chi connectivity index (χ0n) is 13.7. The third kappa shape index (κ3) is 3.08. The van der Waals surface area contributed by atoms with Crippen LogP contribution in [-0.4, -0.2) is 43.8 Å². The Morgan fingerprint density at radius 2 is 2.24 bits per heavy atom. The maximum atomic E-state index is 11.7. The maximum Gasteiger partial charge on any atom is 0.347 e. The van der Waals surface area contributed by atoms with Gasteiger partial charge < -0.3 is 15.3 Å². The molecule has 8 heteroatoms. The van der Waals surface area contributed by atoms with Gasteiger partial charge in [0.1, 0.15) is 5.75 Å². The molecule has 1 aromatic carbocycles. The van der Waals surface area contributed by atoms with Crippen molar-refractivity contribution in [3.63, 3.8) is 0 Å². The monoisotopic (exact) mass is 340 g/mol. The summed E-state index contributed by atoms with van der Waals surface area (Å²) in [6.45, 7) is 2.27. The summed E-state index contributed by atoms with van der Waals surface area (Å²) in [5.41, 5.74) is 1.18. The Hall–Kier alpha value is -2.87. The number of nitrogens with zero attached hydrogens (tertiary/aromatic N) is 4. The number of aromatic amines is 1. The molecule has 4 rings (SSSR count). The third-order valence-corrected chi connectivity index (χ3v) is 4.61. The number of benzene rings is 1. The molecule has 0 aliphatic carbocycles. The van der Waals surface area contributed by atoms with E-state index in [9.17, 15) is 9.90 Å². The molecule has 8 nitrogen and oxygen atoms in total. The van der Waals surface area contributed by atoms with Gasteiger partial charge in [0, 0.05) is 43.6 Å². The molecule has 130 valence electrons. The van der Waals surface area contributed by atoms with Crippen LogP contribution in [0.2, 0.25) is 0 Å². The molecule has 1 fully saturated rings. The van der Waals surface area contributed by atoms with Gasteiger partial charge in [-0.05, 0) is 18.9 Å². The number of hydrogen-bond acceptors (Lipinski definition) is 6. The van der Waals surface area contributed by atoms with Gasteiger partial charge in [0.05, 0.1) is 0 Å². The van der Waals surface area contributed by atoms with Gasteiger partial charge in [0.2, 0.25) is 5.65 Å². The largest absolute Gasteiger partial charge is 0.508 e. The average Bonchev–Trinajstić information content (AvgIpc) is 3.03. The number of rotatable bonds is 4. The second-order valence-corrected chi connectivity index (χ2v) is 6.27. The van der Waals surface area contributed by atoms with E-state index >= 15 is 0 Å². The van der Waals surface area contributed by atoms with E-state index in [0.29, 0.717) is 17.9 Å². The summed E-state index contributed by atoms with van der Waals surface area (Å²) in [6, 6.07) is 7.63. The van der Waals surface area contributed by atoms with Crippen LogP contribution in [-0.2, 0) is 6.54 Å². The van der Waals surface area contributed by atoms with E-state index in [1.165, 1.54) is 4.40 Å². The smallest absolute Gasteiger partial charge is 0.347 e. The highest BCUT2D eigenvalue weighted by Crippen LogP contribution is 2.21. The summed E-state index contributed by atoms with van der Waals surface area (Å²) in [5.74, 6) is 1.03. The Morgan fingerprint density at radius 1 is 1.36 bits per heavy atom. The summed E-state index contributed by atoms with van der Waals surface area (Å²) in [6.07, 6.45) is 5.32. The van der Waals surface area contributed by atoms with Crippen molar-refractivity contribution in [2.24, 2.45) is 0 Å². The SMILES string of the molecule is O=c1[nH]nc2c(N3CCCC(NCc4ccccc4O)C3)nccn12. The van der Waals surface area contributed by atoms with Gasteiger partial charge in [-0.25, -0.2) is 19.3 Å². The summed E-state index contributed by atoms with van der Waals surface area (Å²) in [7, 11) is 0. The van der Waals surface area contributed by atoms with Gasteiger partial charge in [-0.2, -0.15) is 0 Å². The maximum absolute atomic E-state index is 11.7. The minimum absolute atomic E-state index is 0.259. The lowest BCUT2D eigenvalue weighted by molar-refractivity contribution is 0.412. The molecule has 0 saturated carbocycles. The van der Waals surface area contributed by atoms with Crippen LogP contribution in [0.5, 0.6) is 5.75 Å². The molecule has 1 saturated heterocycles. The minimum atomic E-state index is -0.259. The topological polar surface area (TPSA) is 98.5 Å². The van der Waals surface area contributed by atoms with E-state index < -0.39 is 0 Å². The van der Waals surface area contributed by atoms with Crippen molar-refractivity contribution in [2.75, 3.05) is 18.0 Å². The minimum Gasteiger partial charge on any atom is -0.508 e. The van der Waals surface area contributed by atoms with Crippen molar-refractivity contribution in [3.8, 4) is 5.75 Å². The number of fused-ring (bicyclic) bond motifs is 1. The first kappa shape index (κ1) is 15.6. The van der Waals surface area contributed by atoms with E-state index in [0.717, 1.165) is 37.3 Å². The van der Waals surface area contributed by atoms with Gasteiger partial charge in [0.15, 0.2) is 5.82 Å². The molecule has 3 aromatic rings. The molecule has 1 aliphatic heterocycles. The van der Waals surface area contributed by atoms with Gasteiger partial charge in [-0.3, -0.25) is 0 Å². The van der Waals surface area contributed by atoms with E-state index in [4.69, 9.17) is 0 Å². The summed E-state index contributed by atoms with van der Waals surface area (Å²) < 4.78 is 1.47. The number of nitrogens with one attached hydrogen (secondary N) is 2. The van der Waals surface area contributed by atoms with Gasteiger partial charge in [-0.15, -0.1) is 5.10 Å². The average molecular weight is 340 g/mol. The number of phenolic OH excluding ortho intramolecular Hbond substituents is 1. The standard InChI is InChI=1S/C17H20N6O2/c24-14-6-2-1-4-12(14)10-19-13-5-3-8-22(11-13)15-16-20-21-17(25)23(16)9-7-18-15/h1-2,4,6-7,9,13,19,24H,3,5,8,10-11H2,(H,21,25). The summed E-state index contributed by atoms with van der Waals surface area (Å²) in [5, 5.41) is 20.0. The van der Waals surface area contributed by atoms with E-state index in [1.807, 2.05) is 18.2 Å². The van der Waals surface area contributed by atoms with Crippen LogP contribution >= 0.6 is 0 Å². The first-order valence-electron chi connectivity index (χ1n) is 8.39. The van der Waals surface area contributed by atoms with Gasteiger partial charge in [0.25, 0.3) is 0 Å². The van der Waals surface area contributed by atoms with Crippen molar-refractivity contribution in [3.05, 3.63) is 52.7 Å². The van der Waals surface area contributed by atoms with Crippen molar-refractivity contribution < 1.29 is 5.11 Å². The third-order valence-electron chi connectivity index (χ3n) is 4.61. The highest BCUT2D eigenvalue weighted by atomic mass is 16.3. The number of hydrogen-bond donors (Lipinski definition) is 3. The Morgan fingerprint density at radius 3 is 3.12 bits per heavy atom. The zero-order valence-corrected chi connectivity index (χ0v) is 13.7. The van der Waals surface area contributed by atoms with Crippen molar-refractivity contribution in [1.29, 1.82) is 0 Å². The van der Waals surface area contributed by atoms with Crippen LogP contribution in [0.1, 0.15) is 18.4 Å². The van der Waals surface area contributed by atoms with Crippen LogP contribution in [0.15, 0.2) is 41.5 Å². The highest BCUT2D eigenvalue weighted by molar-refractivity contribution is 5.63. The highest BCUT2D eigenvalue weighted by Gasteiger charge is 2.23. The molecule has 1 atom stereocenters. The van der Waals surface area contributed by atoms with Gasteiger partial charge in [-0.1, -0.05) is 18.2 Å². The fourth-order valence-corrected chi connectivity index (χ4v) is 3.30. The first-order chi connectivity index (χ1) is 12.2. The first-order valence-corrected chi connectivity index (χ1v) is 8.39. The van der Waals surface area contributed by atoms with Crippen LogP contribution < -0.4 is 15.9 Å². The number of phenols is 1. The lowest BCUT2D eigenvalue weighted by Gasteiger charge is -2.34. The second kappa shape index (κ2) is 6.56. The molecule has 0 spiro atoms. The van der Waals surface area contributed by atoms with Crippen LogP contribution in [0, 0.1) is 0 Å². The zero-order chi connectivity index (χ0) is 17.2. The number of aromatic hydroxyl groups is 1. The molecule has 0 bridgehead atoms. The number of aromatic nitrogens is 4. The van der Waals surface area contributed by atoms with Crippen molar-refractivity contribution >= 4 is 11.5 Å². The molecule has 1 aliphatic rings. The predicted octanol–water partition coefficient (Wildman–Crippen LogP) is 0.882. The van der Waals surface area contributed by atoms with E-state index in [1.54, 1.807) is 18.5 Å². The Bertz CT molecular complexity index is 934. The van der Waals surface area contributed by atoms with E-state index in [2.05, 4.69) is 25.4 Å². The second-order valence-electron chi connectivity index (χ2n) is 6.27. The number of H-pyrrole nitrogens is 1. The Labute approximate surface area is 144 Å². The molecular weight excluding hydrogens is 320 g/mol. The Kier molecular flexibility index (Phi) is 4.10. The normalized spacial score (nSPS) is 17.9. The summed E-state index contributed by atoms with van der Waals surface area (Å²) >= 11 is 0. The van der Waals surface area contributed by atoms with Gasteiger partial charge >= 0.3 is 5.69 Å². The predicted molar refractivity (Wildman–Crippen MR) is 93.8 cm³/mol. The number of piperidine rings is 1. The molecule has 0 amide bonds. The molecule has 3 N–H and O–H groups in total. The lowest BCUT2D eigenvalue weighted by Crippen LogP contribution is -2.46. The summed E-state index contributed by atoms with van der Waals surface area (Å²) in [4.78, 5) is 18.3. The van der Waals surface area contributed by atoms with E-state index in [-0.39, 0.29) is 11.7 Å². The fraction of sp³-hybridized carbons (Fsp3) is 0.353. The quantitative estimate of drug-likeness (QED) is 0.652. The van der Waals surface area contributed by atoms with Crippen LogP contribution in [0.4, 0.5) is 5.82 Å². The molecule has 1 unspecified atom stereocenters. The molecule has 25 heavy (non-hydrogen) atoms. The fourth-order valence-electron chi connectivity index (χ4n) is 3.30. The number of para-hydroxylation sites is 1. The Balaban J connectivity index is 1.49. The molecule has 0 radical (unpaired) electrons. The number of anilines is 1. The van der Waals surface area contributed by atoms with Crippen LogP contribution in [0.3, 0.4) is 0 Å². The molecule has 2 aromatic heterocycles. The van der Waals surface area contributed by atoms with Crippen LogP contribution in [0.25, 0.3) is 5.65 Å². The molecule has 3 heterocycles. The van der Waals surface area contributed by atoms with Crippen molar-refractivity contribution in [2.45, 2.75) is 25.4 Å².